The van der Waals surface area contributed by atoms with Crippen molar-refractivity contribution in [3.05, 3.63) is 27.5 Å². The van der Waals surface area contributed by atoms with Crippen molar-refractivity contribution in [2.24, 2.45) is 5.92 Å². The Morgan fingerprint density at radius 1 is 1.50 bits per heavy atom. The zero-order valence-corrected chi connectivity index (χ0v) is 13.1. The van der Waals surface area contributed by atoms with E-state index >= 15 is 0 Å². The molecule has 1 aliphatic carbocycles. The molecule has 106 valence electrons. The number of hydrogen-bond donors (Lipinski definition) is 3. The molecule has 1 saturated carbocycles. The van der Waals surface area contributed by atoms with Gasteiger partial charge >= 0.3 is 0 Å². The second-order valence-corrected chi connectivity index (χ2v) is 7.15. The molecule has 1 amide bonds. The van der Waals surface area contributed by atoms with Gasteiger partial charge in [-0.25, -0.2) is 0 Å². The van der Waals surface area contributed by atoms with Crippen LogP contribution in [0.1, 0.15) is 22.5 Å². The van der Waals surface area contributed by atoms with Gasteiger partial charge in [0.25, 0.3) is 5.91 Å². The van der Waals surface area contributed by atoms with E-state index in [1.54, 1.807) is 0 Å². The van der Waals surface area contributed by atoms with Crippen LogP contribution < -0.4 is 11.1 Å². The van der Waals surface area contributed by atoms with Crippen LogP contribution in [-0.4, -0.2) is 23.7 Å². The number of hydrogen-bond acceptors (Lipinski definition) is 4. The molecule has 6 heteroatoms. The molecule has 0 atom stereocenters. The lowest BCUT2D eigenvalue weighted by atomic mass is 9.82. The molecule has 1 aromatic carbocycles. The molecular weight excluding hydrogens is 340 g/mol. The van der Waals surface area contributed by atoms with Crippen molar-refractivity contribution in [1.29, 1.82) is 0 Å². The molecule has 1 aromatic heterocycles. The van der Waals surface area contributed by atoms with E-state index in [4.69, 9.17) is 5.73 Å². The quantitative estimate of drug-likeness (QED) is 0.793. The maximum absolute atomic E-state index is 12.2. The number of aliphatic hydroxyl groups is 1. The number of thiophene rings is 1. The largest absolute Gasteiger partial charge is 0.397 e. The topological polar surface area (TPSA) is 75.4 Å². The number of aliphatic hydroxyl groups excluding tert-OH is 1. The predicted molar refractivity (Wildman–Crippen MR) is 85.0 cm³/mol. The Kier molecular flexibility index (Phi) is 3.70. The van der Waals surface area contributed by atoms with Crippen LogP contribution in [0.25, 0.3) is 10.1 Å². The van der Waals surface area contributed by atoms with Gasteiger partial charge in [-0.1, -0.05) is 15.9 Å². The first-order valence-corrected chi connectivity index (χ1v) is 8.09. The van der Waals surface area contributed by atoms with Crippen LogP contribution in [-0.2, 0) is 0 Å². The third-order valence-corrected chi connectivity index (χ3v) is 5.34. The van der Waals surface area contributed by atoms with Crippen LogP contribution in [0, 0.1) is 5.92 Å². The molecule has 2 aromatic rings. The first-order valence-electron chi connectivity index (χ1n) is 6.48. The molecule has 0 unspecified atom stereocenters. The summed E-state index contributed by atoms with van der Waals surface area (Å²) in [5.41, 5.74) is 6.61. The van der Waals surface area contributed by atoms with Crippen molar-refractivity contribution in [3.8, 4) is 0 Å². The minimum atomic E-state index is -0.191. The molecule has 20 heavy (non-hydrogen) atoms. The highest BCUT2D eigenvalue weighted by atomic mass is 79.9. The molecule has 1 heterocycles. The molecule has 1 aliphatic rings. The normalized spacial score (nSPS) is 21.7. The molecule has 0 spiro atoms. The lowest BCUT2D eigenvalue weighted by Gasteiger charge is -2.31. The van der Waals surface area contributed by atoms with Gasteiger partial charge in [0.2, 0.25) is 0 Å². The van der Waals surface area contributed by atoms with Crippen molar-refractivity contribution in [2.45, 2.75) is 18.9 Å². The van der Waals surface area contributed by atoms with Gasteiger partial charge < -0.3 is 16.2 Å². The van der Waals surface area contributed by atoms with E-state index in [1.807, 2.05) is 18.2 Å². The average molecular weight is 355 g/mol. The second-order valence-electron chi connectivity index (χ2n) is 5.19. The van der Waals surface area contributed by atoms with E-state index in [0.29, 0.717) is 23.0 Å². The number of nitrogens with two attached hydrogens (primary N) is 1. The van der Waals surface area contributed by atoms with Crippen molar-refractivity contribution in [2.75, 3.05) is 12.3 Å². The first kappa shape index (κ1) is 13.9. The first-order chi connectivity index (χ1) is 9.54. The van der Waals surface area contributed by atoms with E-state index < -0.39 is 0 Å². The third kappa shape index (κ3) is 2.55. The zero-order chi connectivity index (χ0) is 14.3. The Balaban J connectivity index is 1.75. The van der Waals surface area contributed by atoms with Gasteiger partial charge in [0.05, 0.1) is 11.8 Å². The summed E-state index contributed by atoms with van der Waals surface area (Å²) in [4.78, 5) is 12.8. The summed E-state index contributed by atoms with van der Waals surface area (Å²) in [7, 11) is 0. The lowest BCUT2D eigenvalue weighted by Crippen LogP contribution is -2.38. The third-order valence-electron chi connectivity index (χ3n) is 3.66. The summed E-state index contributed by atoms with van der Waals surface area (Å²) < 4.78 is 1.96. The Labute approximate surface area is 129 Å². The van der Waals surface area contributed by atoms with E-state index in [1.165, 1.54) is 11.3 Å². The highest BCUT2D eigenvalue weighted by Crippen LogP contribution is 2.35. The number of halogens is 1. The average Bonchev–Trinajstić information content (AvgIpc) is 2.70. The minimum absolute atomic E-state index is 0.124. The van der Waals surface area contributed by atoms with Crippen molar-refractivity contribution >= 4 is 48.9 Å². The summed E-state index contributed by atoms with van der Waals surface area (Å²) in [6.07, 6.45) is 1.35. The van der Waals surface area contributed by atoms with E-state index in [-0.39, 0.29) is 12.0 Å². The summed E-state index contributed by atoms with van der Waals surface area (Å²) >= 11 is 4.82. The maximum Gasteiger partial charge on any atom is 0.263 e. The molecule has 0 bridgehead atoms. The van der Waals surface area contributed by atoms with Crippen LogP contribution in [0.2, 0.25) is 0 Å². The number of carbonyl (C=O) groups excluding carboxylic acids is 1. The maximum atomic E-state index is 12.2. The highest BCUT2D eigenvalue weighted by Gasteiger charge is 2.27. The SMILES string of the molecule is Nc1c(C(=O)NCC2CC(O)C2)sc2ccc(Br)cc12. The van der Waals surface area contributed by atoms with Crippen molar-refractivity contribution in [3.63, 3.8) is 0 Å². The number of amides is 1. The summed E-state index contributed by atoms with van der Waals surface area (Å²) in [5, 5.41) is 13.0. The Morgan fingerprint density at radius 2 is 2.25 bits per heavy atom. The summed E-state index contributed by atoms with van der Waals surface area (Å²) in [6.45, 7) is 0.604. The Hall–Kier alpha value is -1.11. The minimum Gasteiger partial charge on any atom is -0.397 e. The predicted octanol–water partition coefficient (Wildman–Crippen LogP) is 2.75. The molecule has 0 saturated heterocycles. The van der Waals surface area contributed by atoms with Gasteiger partial charge in [-0.3, -0.25) is 4.79 Å². The lowest BCUT2D eigenvalue weighted by molar-refractivity contribution is 0.0420. The van der Waals surface area contributed by atoms with Gasteiger partial charge in [-0.05, 0) is 37.0 Å². The Bertz CT molecular complexity index is 664. The molecular formula is C14H15BrN2O2S. The fourth-order valence-corrected chi connectivity index (χ4v) is 3.82. The van der Waals surface area contributed by atoms with Crippen molar-refractivity contribution < 1.29 is 9.90 Å². The van der Waals surface area contributed by atoms with E-state index in [0.717, 1.165) is 27.4 Å². The molecule has 1 fully saturated rings. The van der Waals surface area contributed by atoms with Crippen LogP contribution in [0.5, 0.6) is 0 Å². The van der Waals surface area contributed by atoms with Crippen molar-refractivity contribution in [1.82, 2.24) is 5.32 Å². The van der Waals surface area contributed by atoms with Gasteiger partial charge in [0, 0.05) is 21.1 Å². The van der Waals surface area contributed by atoms with E-state index in [2.05, 4.69) is 21.2 Å². The van der Waals surface area contributed by atoms with Crippen LogP contribution >= 0.6 is 27.3 Å². The summed E-state index contributed by atoms with van der Waals surface area (Å²) in [6, 6.07) is 5.83. The number of benzene rings is 1. The van der Waals surface area contributed by atoms with Gasteiger partial charge in [0.15, 0.2) is 0 Å². The number of fused-ring (bicyclic) bond motifs is 1. The van der Waals surface area contributed by atoms with Crippen LogP contribution in [0.3, 0.4) is 0 Å². The van der Waals surface area contributed by atoms with Crippen LogP contribution in [0.4, 0.5) is 5.69 Å². The standard InChI is InChI=1S/C14H15BrN2O2S/c15-8-1-2-11-10(5-8)12(16)13(20-11)14(19)17-6-7-3-9(18)4-7/h1-2,5,7,9,18H,3-4,6,16H2,(H,17,19). The van der Waals surface area contributed by atoms with Gasteiger partial charge in [0.1, 0.15) is 4.88 Å². The highest BCUT2D eigenvalue weighted by molar-refractivity contribution is 9.10. The summed E-state index contributed by atoms with van der Waals surface area (Å²) in [5.74, 6) is 0.264. The number of rotatable bonds is 3. The second kappa shape index (κ2) is 5.35. The number of carbonyl (C=O) groups is 1. The fraction of sp³-hybridized carbons (Fsp3) is 0.357. The van der Waals surface area contributed by atoms with Gasteiger partial charge in [-0.2, -0.15) is 0 Å². The monoisotopic (exact) mass is 354 g/mol. The zero-order valence-electron chi connectivity index (χ0n) is 10.7. The van der Waals surface area contributed by atoms with Gasteiger partial charge in [-0.15, -0.1) is 11.3 Å². The molecule has 0 aliphatic heterocycles. The molecule has 4 nitrogen and oxygen atoms in total. The molecule has 4 N–H and O–H groups in total. The number of anilines is 1. The fourth-order valence-electron chi connectivity index (χ4n) is 2.44. The smallest absolute Gasteiger partial charge is 0.263 e. The number of nitrogen functional groups attached to an aromatic ring is 1. The Morgan fingerprint density at radius 3 is 2.95 bits per heavy atom. The van der Waals surface area contributed by atoms with Crippen LogP contribution in [0.15, 0.2) is 22.7 Å². The number of nitrogens with one attached hydrogen (secondary N) is 1. The van der Waals surface area contributed by atoms with E-state index in [9.17, 15) is 9.90 Å². The molecule has 0 radical (unpaired) electrons. The molecule has 3 rings (SSSR count).